The summed E-state index contributed by atoms with van der Waals surface area (Å²) in [6, 6.07) is 0.0334. The van der Waals surface area contributed by atoms with Crippen molar-refractivity contribution in [3.63, 3.8) is 0 Å². The molecule has 0 bridgehead atoms. The predicted molar refractivity (Wildman–Crippen MR) is 103 cm³/mol. The van der Waals surface area contributed by atoms with Crippen LogP contribution in [0.25, 0.3) is 10.2 Å². The molecule has 3 N–H and O–H groups in total. The SMILES string of the molecule is Cc1c(CNCCN)sc2c1c(=O)n(C1C[C@@H]1C)c(=O)n2CC1CCO1. The molecular formula is C18H26N4O3S. The number of hydrogen-bond donors (Lipinski definition) is 2. The molecule has 142 valence electrons. The minimum Gasteiger partial charge on any atom is -0.376 e. The zero-order valence-corrected chi connectivity index (χ0v) is 16.1. The average Bonchev–Trinajstić information content (AvgIpc) is 3.17. The number of hydrogen-bond acceptors (Lipinski definition) is 6. The molecule has 2 unspecified atom stereocenters. The van der Waals surface area contributed by atoms with Gasteiger partial charge in [-0.3, -0.25) is 13.9 Å². The summed E-state index contributed by atoms with van der Waals surface area (Å²) in [5.41, 5.74) is 6.21. The maximum Gasteiger partial charge on any atom is 0.332 e. The number of nitrogens with one attached hydrogen (secondary N) is 1. The number of fused-ring (bicyclic) bond motifs is 1. The van der Waals surface area contributed by atoms with Crippen molar-refractivity contribution < 1.29 is 4.74 Å². The quantitative estimate of drug-likeness (QED) is 0.700. The van der Waals surface area contributed by atoms with Crippen molar-refractivity contribution in [1.29, 1.82) is 0 Å². The van der Waals surface area contributed by atoms with E-state index in [0.29, 0.717) is 30.9 Å². The third kappa shape index (κ3) is 2.94. The van der Waals surface area contributed by atoms with Gasteiger partial charge in [0, 0.05) is 37.2 Å². The van der Waals surface area contributed by atoms with Crippen LogP contribution < -0.4 is 22.3 Å². The molecule has 1 aliphatic carbocycles. The smallest absolute Gasteiger partial charge is 0.332 e. The van der Waals surface area contributed by atoms with Crippen molar-refractivity contribution in [2.45, 2.75) is 51.9 Å². The van der Waals surface area contributed by atoms with E-state index >= 15 is 0 Å². The molecule has 1 aliphatic heterocycles. The third-order valence-electron chi connectivity index (χ3n) is 5.53. The molecule has 26 heavy (non-hydrogen) atoms. The first-order chi connectivity index (χ1) is 12.5. The molecule has 3 atom stereocenters. The summed E-state index contributed by atoms with van der Waals surface area (Å²) >= 11 is 1.54. The normalized spacial score (nSPS) is 24.8. The highest BCUT2D eigenvalue weighted by Crippen LogP contribution is 2.41. The molecule has 3 heterocycles. The number of rotatable bonds is 7. The Morgan fingerprint density at radius 2 is 2.12 bits per heavy atom. The van der Waals surface area contributed by atoms with Crippen molar-refractivity contribution >= 4 is 21.6 Å². The summed E-state index contributed by atoms with van der Waals surface area (Å²) in [4.78, 5) is 28.2. The molecule has 0 spiro atoms. The van der Waals surface area contributed by atoms with Crippen LogP contribution >= 0.6 is 11.3 Å². The van der Waals surface area contributed by atoms with Crippen LogP contribution in [0.1, 0.15) is 36.2 Å². The minimum atomic E-state index is -0.185. The van der Waals surface area contributed by atoms with Crippen LogP contribution in [0, 0.1) is 12.8 Å². The number of nitrogens with two attached hydrogens (primary N) is 1. The van der Waals surface area contributed by atoms with Gasteiger partial charge < -0.3 is 15.8 Å². The van der Waals surface area contributed by atoms with E-state index in [9.17, 15) is 9.59 Å². The van der Waals surface area contributed by atoms with Gasteiger partial charge in [-0.25, -0.2) is 4.79 Å². The lowest BCUT2D eigenvalue weighted by atomic mass is 10.2. The molecule has 1 saturated carbocycles. The van der Waals surface area contributed by atoms with Gasteiger partial charge in [0.25, 0.3) is 5.56 Å². The van der Waals surface area contributed by atoms with Crippen LogP contribution in [0.15, 0.2) is 9.59 Å². The van der Waals surface area contributed by atoms with Gasteiger partial charge in [0.15, 0.2) is 0 Å². The Balaban J connectivity index is 1.86. The first-order valence-electron chi connectivity index (χ1n) is 9.32. The molecule has 7 nitrogen and oxygen atoms in total. The van der Waals surface area contributed by atoms with E-state index in [0.717, 1.165) is 41.3 Å². The monoisotopic (exact) mass is 378 g/mol. The molecular weight excluding hydrogens is 352 g/mol. The zero-order chi connectivity index (χ0) is 18.4. The van der Waals surface area contributed by atoms with Gasteiger partial charge in [-0.1, -0.05) is 6.92 Å². The predicted octanol–water partition coefficient (Wildman–Crippen LogP) is 0.951. The minimum absolute atomic E-state index is 0.0334. The number of nitrogens with zero attached hydrogens (tertiary/aromatic N) is 2. The molecule has 0 aromatic carbocycles. The Kier molecular flexibility index (Phi) is 4.77. The number of aromatic nitrogens is 2. The molecule has 2 fully saturated rings. The van der Waals surface area contributed by atoms with Gasteiger partial charge in [-0.15, -0.1) is 11.3 Å². The Labute approximate surface area is 155 Å². The number of aryl methyl sites for hydroxylation is 1. The van der Waals surface area contributed by atoms with E-state index in [-0.39, 0.29) is 23.4 Å². The highest BCUT2D eigenvalue weighted by atomic mass is 32.1. The fourth-order valence-corrected chi connectivity index (χ4v) is 4.90. The maximum atomic E-state index is 13.1. The van der Waals surface area contributed by atoms with E-state index < -0.39 is 0 Å². The lowest BCUT2D eigenvalue weighted by molar-refractivity contribution is -0.0593. The van der Waals surface area contributed by atoms with Crippen molar-refractivity contribution in [3.8, 4) is 0 Å². The van der Waals surface area contributed by atoms with E-state index in [2.05, 4.69) is 12.2 Å². The van der Waals surface area contributed by atoms with Crippen molar-refractivity contribution in [2.24, 2.45) is 11.7 Å². The van der Waals surface area contributed by atoms with Crippen LogP contribution in [-0.2, 0) is 17.8 Å². The highest BCUT2D eigenvalue weighted by molar-refractivity contribution is 7.18. The summed E-state index contributed by atoms with van der Waals surface area (Å²) in [5.74, 6) is 0.385. The standard InChI is InChI=1S/C18H26N4O3S/c1-10-7-13(10)22-16(23)15-11(2)14(8-20-5-4-19)26-17(15)21(18(22)24)9-12-3-6-25-12/h10,12-13,20H,3-9,19H2,1-2H3/t10-,12?,13?/m0/s1. The van der Waals surface area contributed by atoms with Crippen LogP contribution in [0.4, 0.5) is 0 Å². The molecule has 1 saturated heterocycles. The molecule has 2 aliphatic rings. The molecule has 0 radical (unpaired) electrons. The van der Waals surface area contributed by atoms with Gasteiger partial charge >= 0.3 is 5.69 Å². The largest absolute Gasteiger partial charge is 0.376 e. The summed E-state index contributed by atoms with van der Waals surface area (Å²) in [6.45, 7) is 7.29. The van der Waals surface area contributed by atoms with E-state index in [1.807, 2.05) is 6.92 Å². The molecule has 2 aromatic rings. The Hall–Kier alpha value is -1.48. The number of ether oxygens (including phenoxy) is 1. The second kappa shape index (κ2) is 6.92. The Morgan fingerprint density at radius 3 is 2.69 bits per heavy atom. The first-order valence-corrected chi connectivity index (χ1v) is 10.1. The lowest BCUT2D eigenvalue weighted by Crippen LogP contribution is -2.43. The number of thiophene rings is 1. The Bertz CT molecular complexity index is 941. The molecule has 8 heteroatoms. The van der Waals surface area contributed by atoms with Crippen molar-refractivity contribution in [1.82, 2.24) is 14.5 Å². The topological polar surface area (TPSA) is 91.3 Å². The van der Waals surface area contributed by atoms with E-state index in [1.165, 1.54) is 15.9 Å². The summed E-state index contributed by atoms with van der Waals surface area (Å²) in [6.07, 6.45) is 1.93. The van der Waals surface area contributed by atoms with Crippen molar-refractivity contribution in [3.05, 3.63) is 31.3 Å². The van der Waals surface area contributed by atoms with Crippen LogP contribution in [-0.4, -0.2) is 34.9 Å². The second-order valence-electron chi connectivity index (χ2n) is 7.43. The Morgan fingerprint density at radius 1 is 1.38 bits per heavy atom. The van der Waals surface area contributed by atoms with Crippen LogP contribution in [0.2, 0.25) is 0 Å². The van der Waals surface area contributed by atoms with Gasteiger partial charge in [-0.05, 0) is 31.2 Å². The maximum absolute atomic E-state index is 13.1. The van der Waals surface area contributed by atoms with Crippen LogP contribution in [0.5, 0.6) is 0 Å². The second-order valence-corrected chi connectivity index (χ2v) is 8.51. The fourth-order valence-electron chi connectivity index (χ4n) is 3.63. The lowest BCUT2D eigenvalue weighted by Gasteiger charge is -2.27. The highest BCUT2D eigenvalue weighted by Gasteiger charge is 2.38. The van der Waals surface area contributed by atoms with Crippen LogP contribution in [0.3, 0.4) is 0 Å². The fraction of sp³-hybridized carbons (Fsp3) is 0.667. The van der Waals surface area contributed by atoms with Gasteiger partial charge in [0.2, 0.25) is 0 Å². The molecule has 0 amide bonds. The van der Waals surface area contributed by atoms with Gasteiger partial charge in [-0.2, -0.15) is 0 Å². The van der Waals surface area contributed by atoms with Gasteiger partial charge in [0.1, 0.15) is 4.83 Å². The van der Waals surface area contributed by atoms with Gasteiger partial charge in [0.05, 0.1) is 18.0 Å². The third-order valence-corrected chi connectivity index (χ3v) is 6.84. The average molecular weight is 378 g/mol. The summed E-state index contributed by atoms with van der Waals surface area (Å²) < 4.78 is 8.82. The summed E-state index contributed by atoms with van der Waals surface area (Å²) in [7, 11) is 0. The molecule has 4 rings (SSSR count). The first kappa shape index (κ1) is 17.9. The zero-order valence-electron chi connectivity index (χ0n) is 15.3. The van der Waals surface area contributed by atoms with Crippen molar-refractivity contribution in [2.75, 3.05) is 19.7 Å². The summed E-state index contributed by atoms with van der Waals surface area (Å²) in [5, 5.41) is 3.98. The van der Waals surface area contributed by atoms with E-state index in [1.54, 1.807) is 4.57 Å². The van der Waals surface area contributed by atoms with E-state index in [4.69, 9.17) is 10.5 Å². The molecule has 2 aromatic heterocycles.